The highest BCUT2D eigenvalue weighted by Gasteiger charge is 2.18. The number of hydrogen-bond acceptors (Lipinski definition) is 4. The van der Waals surface area contributed by atoms with Crippen LogP contribution in [-0.2, 0) is 0 Å². The molecule has 0 fully saturated rings. The Balaban J connectivity index is 2.31. The third-order valence-corrected chi connectivity index (χ3v) is 3.48. The summed E-state index contributed by atoms with van der Waals surface area (Å²) in [6.45, 7) is 4.42. The molecule has 0 aliphatic carbocycles. The number of nitrogen functional groups attached to an aromatic ring is 1. The number of anilines is 2. The SMILES string of the molecule is CCN(C(=O)c1cnc(C)s1)c1cccc(N)c1. The fourth-order valence-corrected chi connectivity index (χ4v) is 2.46. The summed E-state index contributed by atoms with van der Waals surface area (Å²) in [7, 11) is 0. The molecule has 4 nitrogen and oxygen atoms in total. The van der Waals surface area contributed by atoms with Crippen LogP contribution in [0.4, 0.5) is 11.4 Å². The van der Waals surface area contributed by atoms with E-state index in [-0.39, 0.29) is 5.91 Å². The number of nitrogens with two attached hydrogens (primary N) is 1. The standard InChI is InChI=1S/C13H15N3OS/c1-3-16(11-6-4-5-10(14)7-11)13(17)12-8-15-9(2)18-12/h4-8H,3,14H2,1-2H3. The Kier molecular flexibility index (Phi) is 3.62. The molecule has 18 heavy (non-hydrogen) atoms. The van der Waals surface area contributed by atoms with Gasteiger partial charge in [-0.2, -0.15) is 0 Å². The molecule has 1 amide bonds. The third kappa shape index (κ3) is 2.51. The van der Waals surface area contributed by atoms with E-state index in [9.17, 15) is 4.79 Å². The molecule has 0 unspecified atom stereocenters. The molecule has 2 aromatic rings. The monoisotopic (exact) mass is 261 g/mol. The number of amides is 1. The van der Waals surface area contributed by atoms with E-state index in [4.69, 9.17) is 5.73 Å². The molecule has 2 N–H and O–H groups in total. The van der Waals surface area contributed by atoms with E-state index >= 15 is 0 Å². The zero-order chi connectivity index (χ0) is 13.1. The van der Waals surface area contributed by atoms with Gasteiger partial charge in [0.15, 0.2) is 0 Å². The van der Waals surface area contributed by atoms with Crippen molar-refractivity contribution in [2.24, 2.45) is 0 Å². The molecular formula is C13H15N3OS. The van der Waals surface area contributed by atoms with Crippen molar-refractivity contribution >= 4 is 28.6 Å². The summed E-state index contributed by atoms with van der Waals surface area (Å²) in [6.07, 6.45) is 1.62. The maximum atomic E-state index is 12.4. The molecule has 0 saturated heterocycles. The Morgan fingerprint density at radius 3 is 2.83 bits per heavy atom. The van der Waals surface area contributed by atoms with Crippen LogP contribution in [0.1, 0.15) is 21.6 Å². The van der Waals surface area contributed by atoms with E-state index in [2.05, 4.69) is 4.98 Å². The van der Waals surface area contributed by atoms with Gasteiger partial charge in [0.2, 0.25) is 0 Å². The summed E-state index contributed by atoms with van der Waals surface area (Å²) >= 11 is 1.40. The van der Waals surface area contributed by atoms with E-state index in [0.29, 0.717) is 17.1 Å². The van der Waals surface area contributed by atoms with Crippen molar-refractivity contribution in [3.63, 3.8) is 0 Å². The molecule has 0 aliphatic rings. The Hall–Kier alpha value is -1.88. The van der Waals surface area contributed by atoms with Gasteiger partial charge in [-0.15, -0.1) is 11.3 Å². The van der Waals surface area contributed by atoms with Crippen LogP contribution < -0.4 is 10.6 Å². The zero-order valence-corrected chi connectivity index (χ0v) is 11.2. The lowest BCUT2D eigenvalue weighted by molar-refractivity contribution is 0.0992. The predicted molar refractivity (Wildman–Crippen MR) is 75.1 cm³/mol. The third-order valence-electron chi connectivity index (χ3n) is 2.58. The largest absolute Gasteiger partial charge is 0.399 e. The maximum absolute atomic E-state index is 12.4. The number of benzene rings is 1. The summed E-state index contributed by atoms with van der Waals surface area (Å²) in [6, 6.07) is 7.33. The molecule has 0 radical (unpaired) electrons. The minimum atomic E-state index is -0.0336. The molecule has 0 saturated carbocycles. The molecule has 94 valence electrons. The lowest BCUT2D eigenvalue weighted by Crippen LogP contribution is -2.30. The van der Waals surface area contributed by atoms with Gasteiger partial charge in [-0.05, 0) is 32.0 Å². The quantitative estimate of drug-likeness (QED) is 0.864. The second-order valence-corrected chi connectivity index (χ2v) is 5.12. The van der Waals surface area contributed by atoms with Crippen molar-refractivity contribution in [2.75, 3.05) is 17.2 Å². The molecule has 1 heterocycles. The van der Waals surface area contributed by atoms with E-state index in [1.165, 1.54) is 11.3 Å². The van der Waals surface area contributed by atoms with E-state index in [1.807, 2.05) is 26.0 Å². The van der Waals surface area contributed by atoms with E-state index in [0.717, 1.165) is 10.7 Å². The van der Waals surface area contributed by atoms with Gasteiger partial charge in [0, 0.05) is 17.9 Å². The fourth-order valence-electron chi connectivity index (χ4n) is 1.73. The van der Waals surface area contributed by atoms with Crippen molar-refractivity contribution < 1.29 is 4.79 Å². The Labute approximate surface area is 110 Å². The van der Waals surface area contributed by atoms with E-state index < -0.39 is 0 Å². The van der Waals surface area contributed by atoms with Gasteiger partial charge >= 0.3 is 0 Å². The number of rotatable bonds is 3. The number of carbonyl (C=O) groups excluding carboxylic acids is 1. The fraction of sp³-hybridized carbons (Fsp3) is 0.231. The molecule has 0 spiro atoms. The van der Waals surface area contributed by atoms with Gasteiger partial charge in [0.05, 0.1) is 11.2 Å². The van der Waals surface area contributed by atoms with Gasteiger partial charge in [0.1, 0.15) is 4.88 Å². The van der Waals surface area contributed by atoms with Crippen LogP contribution in [0, 0.1) is 6.92 Å². The molecule has 0 atom stereocenters. The van der Waals surface area contributed by atoms with Crippen molar-refractivity contribution in [2.45, 2.75) is 13.8 Å². The van der Waals surface area contributed by atoms with Gasteiger partial charge in [0.25, 0.3) is 5.91 Å². The smallest absolute Gasteiger partial charge is 0.269 e. The van der Waals surface area contributed by atoms with Crippen LogP contribution in [0.25, 0.3) is 0 Å². The van der Waals surface area contributed by atoms with Crippen LogP contribution >= 0.6 is 11.3 Å². The first-order valence-electron chi connectivity index (χ1n) is 5.71. The first-order valence-corrected chi connectivity index (χ1v) is 6.53. The van der Waals surface area contributed by atoms with Crippen LogP contribution in [0.3, 0.4) is 0 Å². The first-order chi connectivity index (χ1) is 8.61. The molecule has 1 aromatic carbocycles. The van der Waals surface area contributed by atoms with Gasteiger partial charge in [-0.25, -0.2) is 4.98 Å². The number of aromatic nitrogens is 1. The Morgan fingerprint density at radius 2 is 2.28 bits per heavy atom. The predicted octanol–water partition coefficient (Wildman–Crippen LogP) is 2.70. The second-order valence-electron chi connectivity index (χ2n) is 3.89. The summed E-state index contributed by atoms with van der Waals surface area (Å²) in [4.78, 5) is 18.8. The molecule has 0 aliphatic heterocycles. The molecule has 2 rings (SSSR count). The van der Waals surface area contributed by atoms with Crippen molar-refractivity contribution in [3.8, 4) is 0 Å². The zero-order valence-electron chi connectivity index (χ0n) is 10.4. The Bertz CT molecular complexity index is 565. The lowest BCUT2D eigenvalue weighted by atomic mass is 10.2. The highest BCUT2D eigenvalue weighted by Crippen LogP contribution is 2.22. The van der Waals surface area contributed by atoms with Crippen LogP contribution in [0.5, 0.6) is 0 Å². The van der Waals surface area contributed by atoms with Crippen LogP contribution in [0.15, 0.2) is 30.5 Å². The van der Waals surface area contributed by atoms with Crippen LogP contribution in [-0.4, -0.2) is 17.4 Å². The number of carbonyl (C=O) groups is 1. The van der Waals surface area contributed by atoms with Crippen molar-refractivity contribution in [1.82, 2.24) is 4.98 Å². The molecule has 5 heteroatoms. The number of aryl methyl sites for hydroxylation is 1. The highest BCUT2D eigenvalue weighted by atomic mass is 32.1. The minimum Gasteiger partial charge on any atom is -0.399 e. The van der Waals surface area contributed by atoms with Crippen molar-refractivity contribution in [3.05, 3.63) is 40.3 Å². The van der Waals surface area contributed by atoms with Crippen molar-refractivity contribution in [1.29, 1.82) is 0 Å². The highest BCUT2D eigenvalue weighted by molar-refractivity contribution is 7.13. The topological polar surface area (TPSA) is 59.2 Å². The minimum absolute atomic E-state index is 0.0336. The van der Waals surface area contributed by atoms with Gasteiger partial charge in [-0.3, -0.25) is 4.79 Å². The number of hydrogen-bond donors (Lipinski definition) is 1. The average molecular weight is 261 g/mol. The Morgan fingerprint density at radius 1 is 1.50 bits per heavy atom. The van der Waals surface area contributed by atoms with Crippen LogP contribution in [0.2, 0.25) is 0 Å². The lowest BCUT2D eigenvalue weighted by Gasteiger charge is -2.20. The molecule has 0 bridgehead atoms. The summed E-state index contributed by atoms with van der Waals surface area (Å²) < 4.78 is 0. The average Bonchev–Trinajstić information content (AvgIpc) is 2.77. The van der Waals surface area contributed by atoms with E-state index in [1.54, 1.807) is 23.2 Å². The first kappa shape index (κ1) is 12.6. The molecule has 1 aromatic heterocycles. The van der Waals surface area contributed by atoms with Gasteiger partial charge < -0.3 is 10.6 Å². The summed E-state index contributed by atoms with van der Waals surface area (Å²) in [5, 5.41) is 0.891. The number of thiazole rings is 1. The molecular weight excluding hydrogens is 246 g/mol. The number of nitrogens with zero attached hydrogens (tertiary/aromatic N) is 2. The van der Waals surface area contributed by atoms with Gasteiger partial charge in [-0.1, -0.05) is 6.07 Å². The second kappa shape index (κ2) is 5.18. The summed E-state index contributed by atoms with van der Waals surface area (Å²) in [5.41, 5.74) is 7.21. The normalized spacial score (nSPS) is 10.3. The maximum Gasteiger partial charge on any atom is 0.269 e. The summed E-state index contributed by atoms with van der Waals surface area (Å²) in [5.74, 6) is -0.0336.